The molecule has 0 unspecified atom stereocenters. The number of sulfone groups is 1. The molecular formula is C13H19NO4S. The van der Waals surface area contributed by atoms with Crippen LogP contribution in [0.2, 0.25) is 0 Å². The number of carbonyl (C=O) groups excluding carboxylic acids is 1. The van der Waals surface area contributed by atoms with Crippen molar-refractivity contribution < 1.29 is 17.9 Å². The minimum Gasteiger partial charge on any atom is -0.497 e. The van der Waals surface area contributed by atoms with Gasteiger partial charge in [0.05, 0.1) is 12.9 Å². The van der Waals surface area contributed by atoms with E-state index in [1.165, 1.54) is 0 Å². The summed E-state index contributed by atoms with van der Waals surface area (Å²) in [6.45, 7) is 0.167. The van der Waals surface area contributed by atoms with Gasteiger partial charge < -0.3 is 10.1 Å². The van der Waals surface area contributed by atoms with Crippen LogP contribution in [-0.4, -0.2) is 40.0 Å². The van der Waals surface area contributed by atoms with Crippen molar-refractivity contribution >= 4 is 15.7 Å². The quantitative estimate of drug-likeness (QED) is 0.804. The van der Waals surface area contributed by atoms with Crippen LogP contribution < -0.4 is 10.1 Å². The van der Waals surface area contributed by atoms with Crippen LogP contribution >= 0.6 is 0 Å². The first-order valence-corrected chi connectivity index (χ1v) is 8.04. The lowest BCUT2D eigenvalue weighted by Crippen LogP contribution is -2.28. The van der Waals surface area contributed by atoms with Crippen LogP contribution in [0, 0.1) is 0 Å². The van der Waals surface area contributed by atoms with Crippen molar-refractivity contribution in [3.63, 3.8) is 0 Å². The Morgan fingerprint density at radius 1 is 1.26 bits per heavy atom. The average molecular weight is 285 g/mol. The molecule has 0 heterocycles. The number of methoxy groups -OCH3 is 1. The molecule has 0 spiro atoms. The van der Waals surface area contributed by atoms with E-state index in [4.69, 9.17) is 4.74 Å². The van der Waals surface area contributed by atoms with Crippen molar-refractivity contribution in [2.75, 3.05) is 25.7 Å². The molecule has 6 heteroatoms. The number of hydrogen-bond donors (Lipinski definition) is 1. The highest BCUT2D eigenvalue weighted by atomic mass is 32.2. The Morgan fingerprint density at radius 3 is 2.42 bits per heavy atom. The molecule has 19 heavy (non-hydrogen) atoms. The molecule has 5 nitrogen and oxygen atoms in total. The summed E-state index contributed by atoms with van der Waals surface area (Å²) in [5.74, 6) is 0.613. The van der Waals surface area contributed by atoms with Gasteiger partial charge in [-0.15, -0.1) is 0 Å². The molecule has 1 aromatic rings. The van der Waals surface area contributed by atoms with E-state index in [0.29, 0.717) is 12.8 Å². The highest BCUT2D eigenvalue weighted by Gasteiger charge is 2.05. The summed E-state index contributed by atoms with van der Waals surface area (Å²) in [7, 11) is -1.42. The molecule has 0 aromatic heterocycles. The molecule has 1 aromatic carbocycles. The molecule has 0 saturated heterocycles. The lowest BCUT2D eigenvalue weighted by Gasteiger charge is -2.05. The van der Waals surface area contributed by atoms with Gasteiger partial charge in [0.25, 0.3) is 0 Å². The molecule has 1 N–H and O–H groups in total. The second-order valence-electron chi connectivity index (χ2n) is 4.33. The number of nitrogens with one attached hydrogen (secondary N) is 1. The summed E-state index contributed by atoms with van der Waals surface area (Å²) in [6, 6.07) is 7.50. The van der Waals surface area contributed by atoms with Crippen molar-refractivity contribution in [2.45, 2.75) is 12.8 Å². The largest absolute Gasteiger partial charge is 0.497 e. The molecule has 0 atom stereocenters. The van der Waals surface area contributed by atoms with Crippen LogP contribution in [0.4, 0.5) is 0 Å². The Kier molecular flexibility index (Phi) is 5.82. The topological polar surface area (TPSA) is 72.5 Å². The Morgan fingerprint density at radius 2 is 1.89 bits per heavy atom. The molecule has 1 rings (SSSR count). The van der Waals surface area contributed by atoms with Crippen molar-refractivity contribution in [2.24, 2.45) is 0 Å². The van der Waals surface area contributed by atoms with Gasteiger partial charge in [0.2, 0.25) is 5.91 Å². The molecule has 1 amide bonds. The van der Waals surface area contributed by atoms with Crippen molar-refractivity contribution in [3.05, 3.63) is 29.8 Å². The van der Waals surface area contributed by atoms with Crippen LogP contribution in [-0.2, 0) is 21.1 Å². The standard InChI is InChI=1S/C13H19NO4S/c1-18-12-6-3-11(4-7-12)5-8-13(15)14-9-10-19(2,16)17/h3-4,6-7H,5,8-10H2,1-2H3,(H,14,15). The Labute approximate surface area is 113 Å². The molecule has 106 valence electrons. The Bertz CT molecular complexity index is 508. The van der Waals surface area contributed by atoms with E-state index in [1.54, 1.807) is 7.11 Å². The molecule has 0 aliphatic rings. The molecule has 0 aliphatic carbocycles. The first-order chi connectivity index (χ1) is 8.90. The highest BCUT2D eigenvalue weighted by Crippen LogP contribution is 2.12. The smallest absolute Gasteiger partial charge is 0.220 e. The van der Waals surface area contributed by atoms with Gasteiger partial charge >= 0.3 is 0 Å². The van der Waals surface area contributed by atoms with Gasteiger partial charge in [-0.05, 0) is 24.1 Å². The van der Waals surface area contributed by atoms with Gasteiger partial charge in [0.1, 0.15) is 15.6 Å². The number of benzene rings is 1. The van der Waals surface area contributed by atoms with Crippen molar-refractivity contribution in [1.29, 1.82) is 0 Å². The lowest BCUT2D eigenvalue weighted by atomic mass is 10.1. The van der Waals surface area contributed by atoms with E-state index in [2.05, 4.69) is 5.32 Å². The summed E-state index contributed by atoms with van der Waals surface area (Å²) >= 11 is 0. The second kappa shape index (κ2) is 7.13. The second-order valence-corrected chi connectivity index (χ2v) is 6.59. The van der Waals surface area contributed by atoms with E-state index in [9.17, 15) is 13.2 Å². The molecule has 0 radical (unpaired) electrons. The van der Waals surface area contributed by atoms with Gasteiger partial charge in [0, 0.05) is 19.2 Å². The monoisotopic (exact) mass is 285 g/mol. The Balaban J connectivity index is 2.29. The summed E-state index contributed by atoms with van der Waals surface area (Å²) < 4.78 is 26.8. The molecule has 0 bridgehead atoms. The average Bonchev–Trinajstić information content (AvgIpc) is 2.35. The number of ether oxygens (including phenoxy) is 1. The van der Waals surface area contributed by atoms with E-state index in [0.717, 1.165) is 17.6 Å². The maximum Gasteiger partial charge on any atom is 0.220 e. The zero-order valence-corrected chi connectivity index (χ0v) is 12.0. The van der Waals surface area contributed by atoms with Crippen LogP contribution in [0.3, 0.4) is 0 Å². The van der Waals surface area contributed by atoms with Gasteiger partial charge in [-0.1, -0.05) is 12.1 Å². The summed E-state index contributed by atoms with van der Waals surface area (Å²) in [5.41, 5.74) is 1.04. The minimum atomic E-state index is -3.02. The molecule has 0 fully saturated rings. The summed E-state index contributed by atoms with van der Waals surface area (Å²) in [5, 5.41) is 2.59. The molecular weight excluding hydrogens is 266 g/mol. The highest BCUT2D eigenvalue weighted by molar-refractivity contribution is 7.90. The van der Waals surface area contributed by atoms with Crippen LogP contribution in [0.15, 0.2) is 24.3 Å². The number of carbonyl (C=O) groups is 1. The first-order valence-electron chi connectivity index (χ1n) is 5.98. The molecule has 0 aliphatic heterocycles. The third-order valence-corrected chi connectivity index (χ3v) is 3.54. The van der Waals surface area contributed by atoms with Gasteiger partial charge in [0.15, 0.2) is 0 Å². The van der Waals surface area contributed by atoms with Gasteiger partial charge in [-0.2, -0.15) is 0 Å². The zero-order chi connectivity index (χ0) is 14.3. The van der Waals surface area contributed by atoms with Crippen LogP contribution in [0.1, 0.15) is 12.0 Å². The summed E-state index contributed by atoms with van der Waals surface area (Å²) in [4.78, 5) is 11.5. The Hall–Kier alpha value is -1.56. The van der Waals surface area contributed by atoms with Crippen LogP contribution in [0.25, 0.3) is 0 Å². The fourth-order valence-corrected chi connectivity index (χ4v) is 1.99. The minimum absolute atomic E-state index is 0.0265. The third kappa shape index (κ3) is 6.81. The lowest BCUT2D eigenvalue weighted by molar-refractivity contribution is -0.120. The number of rotatable bonds is 7. The number of aryl methyl sites for hydroxylation is 1. The predicted octanol–water partition coefficient (Wildman–Crippen LogP) is 0.789. The van der Waals surface area contributed by atoms with Crippen molar-refractivity contribution in [3.8, 4) is 5.75 Å². The van der Waals surface area contributed by atoms with Crippen LogP contribution in [0.5, 0.6) is 5.75 Å². The fourth-order valence-electron chi connectivity index (χ4n) is 1.51. The SMILES string of the molecule is COc1ccc(CCC(=O)NCCS(C)(=O)=O)cc1. The zero-order valence-electron chi connectivity index (χ0n) is 11.2. The first kappa shape index (κ1) is 15.5. The van der Waals surface area contributed by atoms with Gasteiger partial charge in [-0.3, -0.25) is 4.79 Å². The normalized spacial score (nSPS) is 11.1. The maximum atomic E-state index is 11.5. The number of amides is 1. The van der Waals surface area contributed by atoms with E-state index >= 15 is 0 Å². The fraction of sp³-hybridized carbons (Fsp3) is 0.462. The van der Waals surface area contributed by atoms with Gasteiger partial charge in [-0.25, -0.2) is 8.42 Å². The number of hydrogen-bond acceptors (Lipinski definition) is 4. The third-order valence-electron chi connectivity index (χ3n) is 2.59. The predicted molar refractivity (Wildman–Crippen MR) is 74.0 cm³/mol. The van der Waals surface area contributed by atoms with Crippen molar-refractivity contribution in [1.82, 2.24) is 5.32 Å². The van der Waals surface area contributed by atoms with E-state index < -0.39 is 9.84 Å². The molecule has 0 saturated carbocycles. The van der Waals surface area contributed by atoms with E-state index in [-0.39, 0.29) is 18.2 Å². The van der Waals surface area contributed by atoms with E-state index in [1.807, 2.05) is 24.3 Å². The summed E-state index contributed by atoms with van der Waals surface area (Å²) in [6.07, 6.45) is 2.11. The maximum absolute atomic E-state index is 11.5.